The van der Waals surface area contributed by atoms with Gasteiger partial charge in [-0.05, 0) is 22.9 Å². The van der Waals surface area contributed by atoms with Gasteiger partial charge in [-0.1, -0.05) is 24.3 Å². The van der Waals surface area contributed by atoms with Crippen molar-refractivity contribution in [2.45, 2.75) is 6.42 Å². The average Bonchev–Trinajstić information content (AvgIpc) is 2.38. The van der Waals surface area contributed by atoms with Crippen molar-refractivity contribution >= 4 is 16.7 Å². The van der Waals surface area contributed by atoms with Gasteiger partial charge in [0.15, 0.2) is 0 Å². The summed E-state index contributed by atoms with van der Waals surface area (Å²) in [6.07, 6.45) is 5.58. The van der Waals surface area contributed by atoms with Crippen LogP contribution in [-0.2, 0) is 0 Å². The molecule has 2 rings (SSSR count). The molecule has 0 aliphatic heterocycles. The number of hydrogen-bond acceptors (Lipinski definition) is 2. The van der Waals surface area contributed by atoms with Crippen molar-refractivity contribution in [2.24, 2.45) is 0 Å². The van der Waals surface area contributed by atoms with Crippen LogP contribution in [0.3, 0.4) is 0 Å². The fraction of sp³-hybridized carbons (Fsp3) is 0.133. The Morgan fingerprint density at radius 2 is 1.94 bits per heavy atom. The number of amides is 1. The highest BCUT2D eigenvalue weighted by Crippen LogP contribution is 2.24. The van der Waals surface area contributed by atoms with Crippen molar-refractivity contribution in [1.82, 2.24) is 5.32 Å². The van der Waals surface area contributed by atoms with Crippen LogP contribution in [0.2, 0.25) is 0 Å². The molecule has 0 saturated carbocycles. The molecule has 0 bridgehead atoms. The molecule has 0 fully saturated rings. The van der Waals surface area contributed by atoms with Gasteiger partial charge in [-0.2, -0.15) is 0 Å². The molecular formula is C15H13NO2. The fourth-order valence-corrected chi connectivity index (χ4v) is 1.75. The van der Waals surface area contributed by atoms with Gasteiger partial charge in [0, 0.05) is 13.0 Å². The highest BCUT2D eigenvalue weighted by Gasteiger charge is 2.11. The van der Waals surface area contributed by atoms with E-state index in [0.29, 0.717) is 13.0 Å². The predicted octanol–water partition coefficient (Wildman–Crippen LogP) is 2.30. The molecule has 18 heavy (non-hydrogen) atoms. The van der Waals surface area contributed by atoms with E-state index < -0.39 is 0 Å². The first-order valence-electron chi connectivity index (χ1n) is 5.66. The molecule has 0 atom stereocenters. The van der Waals surface area contributed by atoms with Gasteiger partial charge in [0.2, 0.25) is 0 Å². The van der Waals surface area contributed by atoms with Crippen LogP contribution in [-0.4, -0.2) is 17.6 Å². The number of phenolic OH excluding ortho intramolecular Hbond substituents is 1. The molecule has 0 spiro atoms. The third kappa shape index (κ3) is 2.44. The smallest absolute Gasteiger partial charge is 0.255 e. The lowest BCUT2D eigenvalue weighted by atomic mass is 10.1. The van der Waals surface area contributed by atoms with E-state index in [1.807, 2.05) is 24.3 Å². The van der Waals surface area contributed by atoms with Crippen LogP contribution in [0.1, 0.15) is 16.8 Å². The maximum absolute atomic E-state index is 11.8. The number of hydrogen-bond donors (Lipinski definition) is 2. The second kappa shape index (κ2) is 5.24. The Labute approximate surface area is 105 Å². The SMILES string of the molecule is C#CCCNC(=O)c1cc2ccccc2cc1O. The number of rotatable bonds is 3. The van der Waals surface area contributed by atoms with E-state index >= 15 is 0 Å². The first-order valence-corrected chi connectivity index (χ1v) is 5.66. The molecule has 2 aromatic carbocycles. The Kier molecular flexibility index (Phi) is 3.49. The maximum Gasteiger partial charge on any atom is 0.255 e. The molecule has 0 aromatic heterocycles. The molecule has 3 nitrogen and oxygen atoms in total. The largest absolute Gasteiger partial charge is 0.507 e. The lowest BCUT2D eigenvalue weighted by Crippen LogP contribution is -2.24. The van der Waals surface area contributed by atoms with Crippen LogP contribution in [0, 0.1) is 12.3 Å². The molecule has 3 heteroatoms. The summed E-state index contributed by atoms with van der Waals surface area (Å²) in [7, 11) is 0. The molecule has 0 aliphatic carbocycles. The van der Waals surface area contributed by atoms with Crippen LogP contribution in [0.4, 0.5) is 0 Å². The van der Waals surface area contributed by atoms with E-state index in [1.165, 1.54) is 0 Å². The summed E-state index contributed by atoms with van der Waals surface area (Å²) in [6.45, 7) is 0.404. The van der Waals surface area contributed by atoms with Crippen LogP contribution < -0.4 is 5.32 Å². The van der Waals surface area contributed by atoms with Gasteiger partial charge in [0.05, 0.1) is 5.56 Å². The molecule has 2 N–H and O–H groups in total. The third-order valence-corrected chi connectivity index (χ3v) is 2.66. The van der Waals surface area contributed by atoms with E-state index in [1.54, 1.807) is 12.1 Å². The van der Waals surface area contributed by atoms with Crippen LogP contribution >= 0.6 is 0 Å². The predicted molar refractivity (Wildman–Crippen MR) is 71.4 cm³/mol. The summed E-state index contributed by atoms with van der Waals surface area (Å²) in [5, 5.41) is 14.3. The van der Waals surface area contributed by atoms with E-state index in [9.17, 15) is 9.90 Å². The lowest BCUT2D eigenvalue weighted by Gasteiger charge is -2.07. The lowest BCUT2D eigenvalue weighted by molar-refractivity contribution is 0.0952. The summed E-state index contributed by atoms with van der Waals surface area (Å²) >= 11 is 0. The number of aromatic hydroxyl groups is 1. The molecule has 0 aliphatic rings. The maximum atomic E-state index is 11.8. The van der Waals surface area contributed by atoms with Crippen molar-refractivity contribution in [3.8, 4) is 18.1 Å². The number of carbonyl (C=O) groups is 1. The highest BCUT2D eigenvalue weighted by molar-refractivity contribution is 6.01. The molecule has 90 valence electrons. The minimum Gasteiger partial charge on any atom is -0.507 e. The van der Waals surface area contributed by atoms with Crippen molar-refractivity contribution in [3.63, 3.8) is 0 Å². The van der Waals surface area contributed by atoms with E-state index in [2.05, 4.69) is 11.2 Å². The van der Waals surface area contributed by atoms with E-state index in [-0.39, 0.29) is 17.2 Å². The number of phenols is 1. The summed E-state index contributed by atoms with van der Waals surface area (Å²) in [4.78, 5) is 11.8. The molecule has 0 radical (unpaired) electrons. The second-order valence-corrected chi connectivity index (χ2v) is 3.93. The summed E-state index contributed by atoms with van der Waals surface area (Å²) in [6, 6.07) is 10.8. The molecule has 0 heterocycles. The van der Waals surface area contributed by atoms with Gasteiger partial charge in [0.1, 0.15) is 5.75 Å². The van der Waals surface area contributed by atoms with Crippen molar-refractivity contribution < 1.29 is 9.90 Å². The summed E-state index contributed by atoms with van der Waals surface area (Å²) in [5.41, 5.74) is 0.269. The minimum atomic E-state index is -0.312. The Morgan fingerprint density at radius 1 is 1.28 bits per heavy atom. The van der Waals surface area contributed by atoms with Gasteiger partial charge >= 0.3 is 0 Å². The van der Waals surface area contributed by atoms with Gasteiger partial charge in [-0.15, -0.1) is 12.3 Å². The van der Waals surface area contributed by atoms with Crippen molar-refractivity contribution in [3.05, 3.63) is 42.0 Å². The average molecular weight is 239 g/mol. The normalized spacial score (nSPS) is 9.94. The number of terminal acetylenes is 1. The quantitative estimate of drug-likeness (QED) is 0.637. The fourth-order valence-electron chi connectivity index (χ4n) is 1.75. The van der Waals surface area contributed by atoms with Crippen LogP contribution in [0.5, 0.6) is 5.75 Å². The Hall–Kier alpha value is -2.47. The van der Waals surface area contributed by atoms with E-state index in [4.69, 9.17) is 6.42 Å². The second-order valence-electron chi connectivity index (χ2n) is 3.93. The van der Waals surface area contributed by atoms with Crippen LogP contribution in [0.25, 0.3) is 10.8 Å². The first-order chi connectivity index (χ1) is 8.72. The van der Waals surface area contributed by atoms with Crippen LogP contribution in [0.15, 0.2) is 36.4 Å². The molecular weight excluding hydrogens is 226 g/mol. The standard InChI is InChI=1S/C15H13NO2/c1-2-3-8-16-15(18)13-9-11-6-4-5-7-12(11)10-14(13)17/h1,4-7,9-10,17H,3,8H2,(H,16,18). The Morgan fingerprint density at radius 3 is 2.61 bits per heavy atom. The number of benzene rings is 2. The zero-order chi connectivity index (χ0) is 13.0. The topological polar surface area (TPSA) is 49.3 Å². The molecule has 1 amide bonds. The van der Waals surface area contributed by atoms with Crippen molar-refractivity contribution in [2.75, 3.05) is 6.54 Å². The zero-order valence-corrected chi connectivity index (χ0v) is 9.81. The molecule has 2 aromatic rings. The van der Waals surface area contributed by atoms with Crippen molar-refractivity contribution in [1.29, 1.82) is 0 Å². The van der Waals surface area contributed by atoms with Gasteiger partial charge in [0.25, 0.3) is 5.91 Å². The monoisotopic (exact) mass is 239 g/mol. The number of fused-ring (bicyclic) bond motifs is 1. The molecule has 0 unspecified atom stereocenters. The summed E-state index contributed by atoms with van der Waals surface area (Å²) in [5.74, 6) is 2.11. The van der Waals surface area contributed by atoms with Gasteiger partial charge in [-0.3, -0.25) is 4.79 Å². The van der Waals surface area contributed by atoms with Gasteiger partial charge < -0.3 is 10.4 Å². The van der Waals surface area contributed by atoms with Gasteiger partial charge in [-0.25, -0.2) is 0 Å². The highest BCUT2D eigenvalue weighted by atomic mass is 16.3. The number of carbonyl (C=O) groups excluding carboxylic acids is 1. The van der Waals surface area contributed by atoms with E-state index in [0.717, 1.165) is 10.8 Å². The third-order valence-electron chi connectivity index (χ3n) is 2.66. The molecule has 0 saturated heterocycles. The zero-order valence-electron chi connectivity index (χ0n) is 9.81. The Bertz CT molecular complexity index is 626. The summed E-state index contributed by atoms with van der Waals surface area (Å²) < 4.78 is 0. The number of nitrogens with one attached hydrogen (secondary N) is 1. The Balaban J connectivity index is 2.30. The first kappa shape index (κ1) is 12.0. The minimum absolute atomic E-state index is 0.0214.